The van der Waals surface area contributed by atoms with Crippen LogP contribution in [0.5, 0.6) is 0 Å². The third kappa shape index (κ3) is 8.87. The first-order chi connectivity index (χ1) is 14.5. The van der Waals surface area contributed by atoms with Crippen LogP contribution in [0.1, 0.15) is 124 Å². The van der Waals surface area contributed by atoms with Gasteiger partial charge in [0.1, 0.15) is 6.04 Å². The molecule has 0 aromatic heterocycles. The van der Waals surface area contributed by atoms with Crippen molar-refractivity contribution in [2.45, 2.75) is 130 Å². The van der Waals surface area contributed by atoms with Crippen molar-refractivity contribution in [2.24, 2.45) is 0 Å². The molecule has 0 unspecified atom stereocenters. The van der Waals surface area contributed by atoms with Crippen molar-refractivity contribution in [1.82, 2.24) is 5.32 Å². The molecule has 0 aliphatic carbocycles. The summed E-state index contributed by atoms with van der Waals surface area (Å²) >= 11 is 0. The molecule has 1 rings (SSSR count). The Labute approximate surface area is 184 Å². The first-order valence-corrected chi connectivity index (χ1v) is 12.8. The predicted molar refractivity (Wildman–Crippen MR) is 123 cm³/mol. The van der Waals surface area contributed by atoms with E-state index >= 15 is 0 Å². The highest BCUT2D eigenvalue weighted by molar-refractivity contribution is 5.93. The molecule has 0 saturated carbocycles. The van der Waals surface area contributed by atoms with Crippen molar-refractivity contribution in [2.75, 3.05) is 13.1 Å². The maximum Gasteiger partial charge on any atom is 0.343 e. The minimum absolute atomic E-state index is 0.0327. The molecule has 0 spiro atoms. The summed E-state index contributed by atoms with van der Waals surface area (Å²) in [6.07, 6.45) is 16.0. The summed E-state index contributed by atoms with van der Waals surface area (Å²) in [6, 6.07) is -0.498. The van der Waals surface area contributed by atoms with Crippen LogP contribution in [0.3, 0.4) is 0 Å². The number of hydrogen-bond acceptors (Lipinski definition) is 3. The highest BCUT2D eigenvalue weighted by Gasteiger charge is 2.50. The highest BCUT2D eigenvalue weighted by Crippen LogP contribution is 2.25. The topological polar surface area (TPSA) is 63.2 Å². The summed E-state index contributed by atoms with van der Waals surface area (Å²) in [6.45, 7) is 7.57. The normalized spacial score (nSPS) is 18.6. The van der Waals surface area contributed by atoms with Gasteiger partial charge in [0.15, 0.2) is 0 Å². The van der Waals surface area contributed by atoms with Crippen LogP contribution in [0.4, 0.5) is 0 Å². The number of nitrogens with zero attached hydrogens (tertiary/aromatic N) is 1. The van der Waals surface area contributed by atoms with Gasteiger partial charge in [-0.05, 0) is 25.7 Å². The number of rotatable bonds is 17. The van der Waals surface area contributed by atoms with Gasteiger partial charge in [-0.3, -0.25) is 4.79 Å². The highest BCUT2D eigenvalue weighted by atomic mass is 16.2. The molecule has 1 aliphatic heterocycles. The first kappa shape index (κ1) is 26.8. The number of nitrogens with one attached hydrogen (secondary N) is 1. The Morgan fingerprint density at radius 2 is 1.30 bits per heavy atom. The largest absolute Gasteiger partial charge is 0.343 e. The number of carbonyl (C=O) groups is 3. The van der Waals surface area contributed by atoms with Gasteiger partial charge in [0.05, 0.1) is 19.5 Å². The second kappa shape index (κ2) is 15.6. The summed E-state index contributed by atoms with van der Waals surface area (Å²) < 4.78 is -0.0509. The van der Waals surface area contributed by atoms with E-state index in [4.69, 9.17) is 0 Å². The van der Waals surface area contributed by atoms with Gasteiger partial charge in [-0.2, -0.15) is 4.48 Å². The molecule has 3 amide bonds. The quantitative estimate of drug-likeness (QED) is 0.187. The number of likely N-dealkylation sites (tertiary alicyclic amines) is 1. The zero-order chi connectivity index (χ0) is 22.2. The van der Waals surface area contributed by atoms with Gasteiger partial charge in [0, 0.05) is 6.42 Å². The number of hydrogen-bond donors (Lipinski definition) is 1. The first-order valence-electron chi connectivity index (χ1n) is 12.8. The van der Waals surface area contributed by atoms with E-state index < -0.39 is 6.04 Å². The van der Waals surface area contributed by atoms with Crippen molar-refractivity contribution in [3.63, 3.8) is 0 Å². The predicted octanol–water partition coefficient (Wildman–Crippen LogP) is 5.66. The number of unbranched alkanes of at least 4 members (excludes halogenated alkanes) is 10. The van der Waals surface area contributed by atoms with Crippen molar-refractivity contribution in [3.8, 4) is 0 Å². The lowest BCUT2D eigenvalue weighted by molar-refractivity contribution is -0.783. The van der Waals surface area contributed by atoms with Gasteiger partial charge in [0.2, 0.25) is 5.91 Å². The van der Waals surface area contributed by atoms with E-state index in [2.05, 4.69) is 26.1 Å². The Balaban J connectivity index is 2.43. The number of amides is 3. The lowest BCUT2D eigenvalue weighted by Gasteiger charge is -2.39. The number of carbonyl (C=O) groups excluding carboxylic acids is 3. The molecule has 1 aliphatic rings. The fourth-order valence-electron chi connectivity index (χ4n) is 4.46. The van der Waals surface area contributed by atoms with Gasteiger partial charge >= 0.3 is 11.8 Å². The standard InChI is InChI=1S/C25H46N2O3/c1-4-7-10-11-12-13-14-15-16-17-23(28)26-22-18-19-24(29)27(25(22)30,20-8-5-2)21-9-6-3/h22H,4-21H2,1-3H3/p+1/t22-/m0/s1. The molecular weight excluding hydrogens is 376 g/mol. The molecule has 0 bridgehead atoms. The van der Waals surface area contributed by atoms with E-state index in [1.54, 1.807) is 0 Å². The van der Waals surface area contributed by atoms with Gasteiger partial charge < -0.3 is 5.32 Å². The minimum Gasteiger partial charge on any atom is -0.341 e. The Morgan fingerprint density at radius 3 is 1.83 bits per heavy atom. The molecule has 1 saturated heterocycles. The van der Waals surface area contributed by atoms with Crippen LogP contribution >= 0.6 is 0 Å². The van der Waals surface area contributed by atoms with E-state index in [0.29, 0.717) is 32.4 Å². The molecule has 5 nitrogen and oxygen atoms in total. The van der Waals surface area contributed by atoms with Crippen LogP contribution < -0.4 is 5.32 Å². The second-order valence-corrected chi connectivity index (χ2v) is 9.09. The molecule has 1 atom stereocenters. The van der Waals surface area contributed by atoms with Gasteiger partial charge in [-0.25, -0.2) is 9.59 Å². The SMILES string of the molecule is CCCCCCCCCCCC(=O)N[C@H]1CCC(=O)[N+](CCCC)(CCCC)C1=O. The third-order valence-electron chi connectivity index (χ3n) is 6.47. The van der Waals surface area contributed by atoms with Crippen LogP contribution in [0.2, 0.25) is 0 Å². The molecule has 30 heavy (non-hydrogen) atoms. The summed E-state index contributed by atoms with van der Waals surface area (Å²) in [5, 5.41) is 2.97. The van der Waals surface area contributed by atoms with Crippen LogP contribution in [0, 0.1) is 0 Å². The van der Waals surface area contributed by atoms with Gasteiger partial charge in [0.25, 0.3) is 0 Å². The Bertz CT molecular complexity index is 511. The average molecular weight is 424 g/mol. The molecule has 0 aromatic carbocycles. The lowest BCUT2D eigenvalue weighted by Crippen LogP contribution is -2.67. The zero-order valence-corrected chi connectivity index (χ0v) is 20.0. The third-order valence-corrected chi connectivity index (χ3v) is 6.47. The van der Waals surface area contributed by atoms with Crippen molar-refractivity contribution in [1.29, 1.82) is 0 Å². The van der Waals surface area contributed by atoms with Crippen LogP contribution in [-0.2, 0) is 14.4 Å². The summed E-state index contributed by atoms with van der Waals surface area (Å²) in [7, 11) is 0. The molecule has 5 heteroatoms. The molecule has 1 heterocycles. The second-order valence-electron chi connectivity index (χ2n) is 9.09. The lowest BCUT2D eigenvalue weighted by atomic mass is 9.98. The number of imide groups is 1. The summed E-state index contributed by atoms with van der Waals surface area (Å²) in [5.41, 5.74) is 0. The maximum absolute atomic E-state index is 13.3. The van der Waals surface area contributed by atoms with Crippen LogP contribution in [-0.4, -0.2) is 41.3 Å². The molecule has 1 N–H and O–H groups in total. The van der Waals surface area contributed by atoms with Gasteiger partial charge in [-0.1, -0.05) is 85.0 Å². The van der Waals surface area contributed by atoms with E-state index in [1.807, 2.05) is 0 Å². The van der Waals surface area contributed by atoms with Crippen molar-refractivity contribution >= 4 is 17.7 Å². The number of quaternary nitrogens is 1. The molecule has 0 aromatic rings. The van der Waals surface area contributed by atoms with Gasteiger partial charge in [-0.15, -0.1) is 0 Å². The minimum atomic E-state index is -0.498. The Hall–Kier alpha value is -1.23. The molecular formula is C25H47N2O3+. The fourth-order valence-corrected chi connectivity index (χ4v) is 4.46. The summed E-state index contributed by atoms with van der Waals surface area (Å²) in [5.74, 6) is -0.0605. The molecule has 0 radical (unpaired) electrons. The summed E-state index contributed by atoms with van der Waals surface area (Å²) in [4.78, 5) is 38.5. The Morgan fingerprint density at radius 1 is 0.800 bits per heavy atom. The monoisotopic (exact) mass is 423 g/mol. The fraction of sp³-hybridized carbons (Fsp3) is 0.880. The van der Waals surface area contributed by atoms with Crippen molar-refractivity contribution in [3.05, 3.63) is 0 Å². The number of piperidine rings is 1. The van der Waals surface area contributed by atoms with E-state index in [0.717, 1.165) is 38.5 Å². The smallest absolute Gasteiger partial charge is 0.341 e. The average Bonchev–Trinajstić information content (AvgIpc) is 2.74. The van der Waals surface area contributed by atoms with Crippen LogP contribution in [0.15, 0.2) is 0 Å². The maximum atomic E-state index is 13.3. The van der Waals surface area contributed by atoms with E-state index in [1.165, 1.54) is 44.9 Å². The Kier molecular flexibility index (Phi) is 13.9. The molecule has 1 fully saturated rings. The zero-order valence-electron chi connectivity index (χ0n) is 20.0. The molecule has 174 valence electrons. The van der Waals surface area contributed by atoms with Crippen molar-refractivity contribution < 1.29 is 18.9 Å². The van der Waals surface area contributed by atoms with Crippen LogP contribution in [0.25, 0.3) is 0 Å². The van der Waals surface area contributed by atoms with E-state index in [-0.39, 0.29) is 22.2 Å². The van der Waals surface area contributed by atoms with E-state index in [9.17, 15) is 14.4 Å².